The molecule has 3 rings (SSSR count). The van der Waals surface area contributed by atoms with Gasteiger partial charge in [-0.1, -0.05) is 12.1 Å². The Hall–Kier alpha value is -2.85. The summed E-state index contributed by atoms with van der Waals surface area (Å²) in [6.07, 6.45) is 0.494. The SMILES string of the molecule is COC(=O)c1ccc2c(c1)CCN2S(=O)(=O)c1ccccc1C#N. The van der Waals surface area contributed by atoms with E-state index in [9.17, 15) is 13.2 Å². The third kappa shape index (κ3) is 2.51. The number of nitriles is 1. The van der Waals surface area contributed by atoms with Crippen LogP contribution < -0.4 is 4.31 Å². The number of fused-ring (bicyclic) bond motifs is 1. The van der Waals surface area contributed by atoms with E-state index in [2.05, 4.69) is 4.74 Å². The number of ether oxygens (including phenoxy) is 1. The summed E-state index contributed by atoms with van der Waals surface area (Å²) in [4.78, 5) is 11.6. The molecule has 7 heteroatoms. The highest BCUT2D eigenvalue weighted by Gasteiger charge is 2.32. The molecule has 0 saturated heterocycles. The zero-order chi connectivity index (χ0) is 17.3. The van der Waals surface area contributed by atoms with Crippen LogP contribution in [0.15, 0.2) is 47.4 Å². The van der Waals surface area contributed by atoms with Crippen molar-refractivity contribution in [3.63, 3.8) is 0 Å². The third-order valence-corrected chi connectivity index (χ3v) is 5.80. The summed E-state index contributed by atoms with van der Waals surface area (Å²) in [5.74, 6) is -0.464. The number of esters is 1. The summed E-state index contributed by atoms with van der Waals surface area (Å²) in [6, 6.07) is 12.8. The van der Waals surface area contributed by atoms with Crippen LogP contribution in [0.5, 0.6) is 0 Å². The van der Waals surface area contributed by atoms with Crippen molar-refractivity contribution < 1.29 is 17.9 Å². The van der Waals surface area contributed by atoms with Crippen molar-refractivity contribution >= 4 is 21.7 Å². The molecule has 2 aromatic rings. The van der Waals surface area contributed by atoms with Crippen molar-refractivity contribution in [2.45, 2.75) is 11.3 Å². The highest BCUT2D eigenvalue weighted by atomic mass is 32.2. The summed E-state index contributed by atoms with van der Waals surface area (Å²) in [5.41, 5.74) is 1.77. The molecule has 0 spiro atoms. The Morgan fingerprint density at radius 2 is 2.00 bits per heavy atom. The molecule has 1 aliphatic heterocycles. The molecule has 0 fully saturated rings. The Kier molecular flexibility index (Phi) is 3.99. The highest BCUT2D eigenvalue weighted by molar-refractivity contribution is 7.93. The van der Waals surface area contributed by atoms with Crippen LogP contribution in [0.25, 0.3) is 0 Å². The number of benzene rings is 2. The second kappa shape index (κ2) is 5.98. The molecule has 24 heavy (non-hydrogen) atoms. The smallest absolute Gasteiger partial charge is 0.337 e. The summed E-state index contributed by atoms with van der Waals surface area (Å²) in [7, 11) is -2.54. The van der Waals surface area contributed by atoms with E-state index in [0.29, 0.717) is 17.7 Å². The molecule has 6 nitrogen and oxygen atoms in total. The highest BCUT2D eigenvalue weighted by Crippen LogP contribution is 2.34. The van der Waals surface area contributed by atoms with Gasteiger partial charge in [-0.15, -0.1) is 0 Å². The lowest BCUT2D eigenvalue weighted by Crippen LogP contribution is -2.29. The van der Waals surface area contributed by atoms with Gasteiger partial charge < -0.3 is 4.74 Å². The number of methoxy groups -OCH3 is 1. The van der Waals surface area contributed by atoms with E-state index in [1.165, 1.54) is 29.6 Å². The molecule has 2 aromatic carbocycles. The zero-order valence-corrected chi connectivity index (χ0v) is 13.7. The van der Waals surface area contributed by atoms with Gasteiger partial charge in [-0.3, -0.25) is 4.31 Å². The van der Waals surface area contributed by atoms with Gasteiger partial charge in [0.15, 0.2) is 0 Å². The first-order valence-corrected chi connectivity index (χ1v) is 8.66. The second-order valence-electron chi connectivity index (χ2n) is 5.27. The van der Waals surface area contributed by atoms with E-state index in [4.69, 9.17) is 5.26 Å². The molecular weight excluding hydrogens is 328 g/mol. The van der Waals surface area contributed by atoms with Gasteiger partial charge in [-0.2, -0.15) is 5.26 Å². The minimum atomic E-state index is -3.84. The van der Waals surface area contributed by atoms with Gasteiger partial charge in [-0.25, -0.2) is 13.2 Å². The topological polar surface area (TPSA) is 87.5 Å². The molecule has 0 radical (unpaired) electrons. The fourth-order valence-electron chi connectivity index (χ4n) is 2.77. The van der Waals surface area contributed by atoms with Crippen molar-refractivity contribution in [1.29, 1.82) is 5.26 Å². The van der Waals surface area contributed by atoms with E-state index >= 15 is 0 Å². The van der Waals surface area contributed by atoms with Crippen LogP contribution in [0.2, 0.25) is 0 Å². The van der Waals surface area contributed by atoms with Crippen molar-refractivity contribution in [1.82, 2.24) is 0 Å². The summed E-state index contributed by atoms with van der Waals surface area (Å²) < 4.78 is 31.8. The number of anilines is 1. The van der Waals surface area contributed by atoms with Crippen LogP contribution in [0.1, 0.15) is 21.5 Å². The zero-order valence-electron chi connectivity index (χ0n) is 12.9. The maximum absolute atomic E-state index is 12.9. The molecule has 0 atom stereocenters. The first-order chi connectivity index (χ1) is 11.5. The van der Waals surface area contributed by atoms with E-state index in [1.54, 1.807) is 24.3 Å². The average Bonchev–Trinajstić information content (AvgIpc) is 3.04. The maximum Gasteiger partial charge on any atom is 0.337 e. The van der Waals surface area contributed by atoms with Crippen LogP contribution in [0, 0.1) is 11.3 Å². The van der Waals surface area contributed by atoms with Crippen LogP contribution in [0.3, 0.4) is 0 Å². The van der Waals surface area contributed by atoms with E-state index in [0.717, 1.165) is 5.56 Å². The minimum absolute atomic E-state index is 0.0163. The monoisotopic (exact) mass is 342 g/mol. The lowest BCUT2D eigenvalue weighted by atomic mass is 10.1. The Labute approximate surface area is 139 Å². The summed E-state index contributed by atoms with van der Waals surface area (Å²) in [5, 5.41) is 9.16. The Morgan fingerprint density at radius 1 is 1.25 bits per heavy atom. The van der Waals surface area contributed by atoms with E-state index < -0.39 is 16.0 Å². The largest absolute Gasteiger partial charge is 0.465 e. The third-order valence-electron chi connectivity index (χ3n) is 3.93. The van der Waals surface area contributed by atoms with Crippen LogP contribution in [-0.4, -0.2) is 28.0 Å². The van der Waals surface area contributed by atoms with Crippen LogP contribution in [0.4, 0.5) is 5.69 Å². The van der Waals surface area contributed by atoms with Crippen molar-refractivity contribution in [3.8, 4) is 6.07 Å². The van der Waals surface area contributed by atoms with Crippen molar-refractivity contribution in [2.24, 2.45) is 0 Å². The molecule has 0 aliphatic carbocycles. The second-order valence-corrected chi connectivity index (χ2v) is 7.10. The first kappa shape index (κ1) is 16.0. The Bertz CT molecular complexity index is 961. The molecule has 0 bridgehead atoms. The van der Waals surface area contributed by atoms with E-state index in [-0.39, 0.29) is 17.0 Å². The van der Waals surface area contributed by atoms with Crippen LogP contribution in [-0.2, 0) is 21.2 Å². The standard InChI is InChI=1S/C17H14N2O4S/c1-23-17(20)13-6-7-15-12(10-13)8-9-19(15)24(21,22)16-5-3-2-4-14(16)11-18/h2-7,10H,8-9H2,1H3. The number of rotatable bonds is 3. The predicted molar refractivity (Wildman–Crippen MR) is 87.2 cm³/mol. The lowest BCUT2D eigenvalue weighted by Gasteiger charge is -2.20. The normalized spacial score (nSPS) is 13.2. The molecule has 0 N–H and O–H groups in total. The van der Waals surface area contributed by atoms with Gasteiger partial charge in [-0.05, 0) is 42.3 Å². The van der Waals surface area contributed by atoms with Crippen molar-refractivity contribution in [3.05, 3.63) is 59.2 Å². The molecule has 0 unspecified atom stereocenters. The van der Waals surface area contributed by atoms with Gasteiger partial charge in [0.1, 0.15) is 11.0 Å². The van der Waals surface area contributed by atoms with Gasteiger partial charge in [0.25, 0.3) is 10.0 Å². The number of hydrogen-bond donors (Lipinski definition) is 0. The minimum Gasteiger partial charge on any atom is -0.465 e. The molecule has 0 saturated carbocycles. The molecule has 0 amide bonds. The summed E-state index contributed by atoms with van der Waals surface area (Å²) in [6.45, 7) is 0.266. The fraction of sp³-hybridized carbons (Fsp3) is 0.176. The fourth-order valence-corrected chi connectivity index (χ4v) is 4.42. The molecular formula is C17H14N2O4S. The Balaban J connectivity index is 2.05. The molecule has 0 aromatic heterocycles. The molecule has 122 valence electrons. The van der Waals surface area contributed by atoms with Crippen LogP contribution >= 0.6 is 0 Å². The quantitative estimate of drug-likeness (QED) is 0.797. The lowest BCUT2D eigenvalue weighted by molar-refractivity contribution is 0.0600. The molecule has 1 aliphatic rings. The predicted octanol–water partition coefficient (Wildman–Crippen LogP) is 2.10. The van der Waals surface area contributed by atoms with Crippen molar-refractivity contribution in [2.75, 3.05) is 18.0 Å². The maximum atomic E-state index is 12.9. The molecule has 1 heterocycles. The van der Waals surface area contributed by atoms with Gasteiger partial charge in [0.05, 0.1) is 23.9 Å². The number of carbonyl (C=O) groups excluding carboxylic acids is 1. The van der Waals surface area contributed by atoms with Gasteiger partial charge >= 0.3 is 5.97 Å². The first-order valence-electron chi connectivity index (χ1n) is 7.22. The summed E-state index contributed by atoms with van der Waals surface area (Å²) >= 11 is 0. The number of carbonyl (C=O) groups is 1. The number of nitrogens with zero attached hydrogens (tertiary/aromatic N) is 2. The van der Waals surface area contributed by atoms with E-state index in [1.807, 2.05) is 6.07 Å². The number of sulfonamides is 1. The number of hydrogen-bond acceptors (Lipinski definition) is 5. The Morgan fingerprint density at radius 3 is 2.71 bits per heavy atom. The average molecular weight is 342 g/mol. The van der Waals surface area contributed by atoms with Gasteiger partial charge in [0.2, 0.25) is 0 Å². The van der Waals surface area contributed by atoms with Gasteiger partial charge in [0, 0.05) is 6.54 Å².